The third kappa shape index (κ3) is 2.88. The Balaban J connectivity index is 1.81. The van der Waals surface area contributed by atoms with E-state index >= 15 is 0 Å². The van der Waals surface area contributed by atoms with Crippen molar-refractivity contribution in [1.29, 1.82) is 0 Å². The lowest BCUT2D eigenvalue weighted by Gasteiger charge is -2.01. The van der Waals surface area contributed by atoms with E-state index in [2.05, 4.69) is 25.7 Å². The summed E-state index contributed by atoms with van der Waals surface area (Å²) in [6.07, 6.45) is 2.02. The molecule has 0 spiro atoms. The molecule has 0 aliphatic rings. The molecule has 2 heterocycles. The second kappa shape index (κ2) is 4.70. The molecule has 0 saturated carbocycles. The molecule has 0 aliphatic heterocycles. The predicted molar refractivity (Wildman–Crippen MR) is 53.5 cm³/mol. The molecule has 0 amide bonds. The molecular weight excluding hydrogens is 218 g/mol. The van der Waals surface area contributed by atoms with Gasteiger partial charge in [0.05, 0.1) is 0 Å². The van der Waals surface area contributed by atoms with Crippen molar-refractivity contribution in [2.24, 2.45) is 0 Å². The molecule has 0 saturated heterocycles. The van der Waals surface area contributed by atoms with Crippen molar-refractivity contribution in [1.82, 2.24) is 20.3 Å². The molecule has 78 valence electrons. The third-order valence-electron chi connectivity index (χ3n) is 1.68. The number of aromatic nitrogens is 4. The summed E-state index contributed by atoms with van der Waals surface area (Å²) in [5.41, 5.74) is 0. The summed E-state index contributed by atoms with van der Waals surface area (Å²) in [6, 6.07) is 3.42. The molecule has 2 aromatic heterocycles. The number of hydrogen-bond acceptors (Lipinski definition) is 6. The second-order valence-corrected chi connectivity index (χ2v) is 3.14. The highest BCUT2D eigenvalue weighted by molar-refractivity contribution is 6.29. The maximum atomic E-state index is 5.59. The Hall–Kier alpha value is -1.69. The second-order valence-electron chi connectivity index (χ2n) is 2.75. The highest BCUT2D eigenvalue weighted by atomic mass is 35.5. The fraction of sp³-hybridized carbons (Fsp3) is 0.250. The first kappa shape index (κ1) is 9.85. The summed E-state index contributed by atoms with van der Waals surface area (Å²) >= 11 is 5.59. The van der Waals surface area contributed by atoms with E-state index in [0.717, 1.165) is 0 Å². The van der Waals surface area contributed by atoms with E-state index in [1.807, 2.05) is 0 Å². The number of anilines is 1. The lowest BCUT2D eigenvalue weighted by atomic mass is 10.4. The zero-order valence-electron chi connectivity index (χ0n) is 7.72. The lowest BCUT2D eigenvalue weighted by molar-refractivity contribution is 0.379. The average Bonchev–Trinajstić information content (AvgIpc) is 2.74. The summed E-state index contributed by atoms with van der Waals surface area (Å²) in [5.74, 6) is 1.25. The Morgan fingerprint density at radius 2 is 2.27 bits per heavy atom. The van der Waals surface area contributed by atoms with E-state index in [4.69, 9.17) is 16.1 Å². The van der Waals surface area contributed by atoms with Crippen LogP contribution in [0.4, 0.5) is 5.82 Å². The first-order chi connectivity index (χ1) is 7.34. The van der Waals surface area contributed by atoms with Crippen LogP contribution in [-0.2, 0) is 6.42 Å². The molecular formula is C8H8ClN5O. The first-order valence-electron chi connectivity index (χ1n) is 4.33. The number of nitrogens with zero attached hydrogens (tertiary/aromatic N) is 4. The van der Waals surface area contributed by atoms with E-state index in [9.17, 15) is 0 Å². The van der Waals surface area contributed by atoms with Crippen molar-refractivity contribution in [2.75, 3.05) is 11.9 Å². The van der Waals surface area contributed by atoms with Crippen LogP contribution in [0, 0.1) is 0 Å². The SMILES string of the molecule is Clc1ccc(NCCc2ncno2)nn1. The molecule has 6 nitrogen and oxygen atoms in total. The molecule has 15 heavy (non-hydrogen) atoms. The number of halogens is 1. The van der Waals surface area contributed by atoms with Gasteiger partial charge in [-0.2, -0.15) is 4.98 Å². The van der Waals surface area contributed by atoms with Gasteiger partial charge in [-0.25, -0.2) is 0 Å². The van der Waals surface area contributed by atoms with Gasteiger partial charge < -0.3 is 9.84 Å². The maximum Gasteiger partial charge on any atom is 0.228 e. The highest BCUT2D eigenvalue weighted by Gasteiger charge is 1.99. The molecule has 0 aliphatic carbocycles. The van der Waals surface area contributed by atoms with Crippen LogP contribution in [0.2, 0.25) is 5.15 Å². The van der Waals surface area contributed by atoms with Crippen LogP contribution >= 0.6 is 11.6 Å². The van der Waals surface area contributed by atoms with Gasteiger partial charge in [-0.3, -0.25) is 0 Å². The van der Waals surface area contributed by atoms with E-state index < -0.39 is 0 Å². The van der Waals surface area contributed by atoms with E-state index in [0.29, 0.717) is 29.8 Å². The highest BCUT2D eigenvalue weighted by Crippen LogP contribution is 2.05. The minimum atomic E-state index is 0.373. The van der Waals surface area contributed by atoms with Crippen molar-refractivity contribution in [2.45, 2.75) is 6.42 Å². The number of nitrogens with one attached hydrogen (secondary N) is 1. The quantitative estimate of drug-likeness (QED) is 0.842. The summed E-state index contributed by atoms with van der Waals surface area (Å²) in [5, 5.41) is 14.5. The molecule has 2 rings (SSSR count). The van der Waals surface area contributed by atoms with Crippen LogP contribution < -0.4 is 5.32 Å². The summed E-state index contributed by atoms with van der Waals surface area (Å²) in [6.45, 7) is 0.651. The molecule has 0 atom stereocenters. The molecule has 0 radical (unpaired) electrons. The summed E-state index contributed by atoms with van der Waals surface area (Å²) < 4.78 is 4.83. The van der Waals surface area contributed by atoms with Crippen LogP contribution in [-0.4, -0.2) is 26.9 Å². The summed E-state index contributed by atoms with van der Waals surface area (Å²) in [7, 11) is 0. The normalized spacial score (nSPS) is 10.2. The van der Waals surface area contributed by atoms with Crippen LogP contribution in [0.15, 0.2) is 23.0 Å². The van der Waals surface area contributed by atoms with Crippen LogP contribution in [0.5, 0.6) is 0 Å². The van der Waals surface area contributed by atoms with Gasteiger partial charge in [0.15, 0.2) is 11.5 Å². The van der Waals surface area contributed by atoms with Crippen molar-refractivity contribution >= 4 is 17.4 Å². The standard InChI is InChI=1S/C8H8ClN5O/c9-6-1-2-7(14-13-6)10-4-3-8-11-5-12-15-8/h1-2,5H,3-4H2,(H,10,14). The fourth-order valence-corrected chi connectivity index (χ4v) is 1.11. The minimum Gasteiger partial charge on any atom is -0.368 e. The topological polar surface area (TPSA) is 76.7 Å². The number of hydrogen-bond donors (Lipinski definition) is 1. The van der Waals surface area contributed by atoms with E-state index in [1.165, 1.54) is 6.33 Å². The van der Waals surface area contributed by atoms with Gasteiger partial charge in [0.2, 0.25) is 5.89 Å². The van der Waals surface area contributed by atoms with Crippen LogP contribution in [0.25, 0.3) is 0 Å². The Morgan fingerprint density at radius 1 is 1.33 bits per heavy atom. The minimum absolute atomic E-state index is 0.373. The molecule has 0 aromatic carbocycles. The largest absolute Gasteiger partial charge is 0.368 e. The summed E-state index contributed by atoms with van der Waals surface area (Å²) in [4.78, 5) is 3.89. The average molecular weight is 226 g/mol. The van der Waals surface area contributed by atoms with Gasteiger partial charge in [0.25, 0.3) is 0 Å². The third-order valence-corrected chi connectivity index (χ3v) is 1.89. The van der Waals surface area contributed by atoms with Crippen molar-refractivity contribution < 1.29 is 4.52 Å². The Kier molecular flexibility index (Phi) is 3.08. The first-order valence-corrected chi connectivity index (χ1v) is 4.71. The predicted octanol–water partition coefficient (Wildman–Crippen LogP) is 1.17. The lowest BCUT2D eigenvalue weighted by Crippen LogP contribution is -2.06. The molecule has 0 bridgehead atoms. The maximum absolute atomic E-state index is 5.59. The van der Waals surface area contributed by atoms with Crippen molar-refractivity contribution in [3.63, 3.8) is 0 Å². The molecule has 0 unspecified atom stereocenters. The van der Waals surface area contributed by atoms with Gasteiger partial charge in [0.1, 0.15) is 5.82 Å². The monoisotopic (exact) mass is 225 g/mol. The Morgan fingerprint density at radius 3 is 2.93 bits per heavy atom. The van der Waals surface area contributed by atoms with Gasteiger partial charge >= 0.3 is 0 Å². The Labute approximate surface area is 90.7 Å². The zero-order chi connectivity index (χ0) is 10.5. The van der Waals surface area contributed by atoms with Crippen molar-refractivity contribution in [3.05, 3.63) is 29.5 Å². The van der Waals surface area contributed by atoms with Gasteiger partial charge in [-0.05, 0) is 12.1 Å². The molecule has 0 fully saturated rings. The van der Waals surface area contributed by atoms with Crippen LogP contribution in [0.3, 0.4) is 0 Å². The van der Waals surface area contributed by atoms with E-state index in [1.54, 1.807) is 12.1 Å². The number of rotatable bonds is 4. The van der Waals surface area contributed by atoms with Crippen LogP contribution in [0.1, 0.15) is 5.89 Å². The molecule has 7 heteroatoms. The fourth-order valence-electron chi connectivity index (χ4n) is 1.01. The zero-order valence-corrected chi connectivity index (χ0v) is 8.48. The smallest absolute Gasteiger partial charge is 0.228 e. The molecule has 2 aromatic rings. The van der Waals surface area contributed by atoms with Gasteiger partial charge in [-0.15, -0.1) is 10.2 Å². The van der Waals surface area contributed by atoms with Gasteiger partial charge in [0, 0.05) is 13.0 Å². The van der Waals surface area contributed by atoms with Crippen molar-refractivity contribution in [3.8, 4) is 0 Å². The van der Waals surface area contributed by atoms with E-state index in [-0.39, 0.29) is 0 Å². The van der Waals surface area contributed by atoms with Gasteiger partial charge in [-0.1, -0.05) is 16.8 Å². The molecule has 1 N–H and O–H groups in total. The Bertz CT molecular complexity index is 401.